The van der Waals surface area contributed by atoms with E-state index in [-0.39, 0.29) is 24.2 Å². The van der Waals surface area contributed by atoms with Crippen molar-refractivity contribution in [1.29, 1.82) is 0 Å². The van der Waals surface area contributed by atoms with Crippen molar-refractivity contribution in [2.75, 3.05) is 11.4 Å². The maximum Gasteiger partial charge on any atom is 0.227 e. The first kappa shape index (κ1) is 18.0. The lowest BCUT2D eigenvalue weighted by molar-refractivity contribution is -0.126. The Hall–Kier alpha value is -3.41. The van der Waals surface area contributed by atoms with Crippen molar-refractivity contribution in [3.63, 3.8) is 0 Å². The second kappa shape index (κ2) is 8.08. The van der Waals surface area contributed by atoms with Gasteiger partial charge in [0.15, 0.2) is 0 Å². The molecule has 6 nitrogen and oxygen atoms in total. The SMILES string of the molecule is O=C(NCc1cccc(Cn2ccnc2)c1)C1CC(=O)N(c2ccccc2)C1. The molecule has 1 saturated heterocycles. The zero-order valence-corrected chi connectivity index (χ0v) is 15.5. The Labute approximate surface area is 163 Å². The number of imidazole rings is 1. The van der Waals surface area contributed by atoms with Crippen LogP contribution in [0.3, 0.4) is 0 Å². The molecule has 4 rings (SSSR count). The first-order valence-electron chi connectivity index (χ1n) is 9.36. The number of carbonyl (C=O) groups is 2. The molecule has 0 radical (unpaired) electrons. The summed E-state index contributed by atoms with van der Waals surface area (Å²) in [6, 6.07) is 17.6. The van der Waals surface area contributed by atoms with Crippen LogP contribution in [0.5, 0.6) is 0 Å². The minimum absolute atomic E-state index is 0.00585. The number of para-hydroxylation sites is 1. The van der Waals surface area contributed by atoms with E-state index in [4.69, 9.17) is 0 Å². The second-order valence-corrected chi connectivity index (χ2v) is 7.01. The number of rotatable bonds is 6. The number of hydrogen-bond donors (Lipinski definition) is 1. The van der Waals surface area contributed by atoms with Gasteiger partial charge in [-0.25, -0.2) is 4.98 Å². The van der Waals surface area contributed by atoms with Crippen LogP contribution in [0.15, 0.2) is 73.3 Å². The minimum atomic E-state index is -0.318. The lowest BCUT2D eigenvalue weighted by Crippen LogP contribution is -2.32. The molecule has 2 amide bonds. The molecule has 1 N–H and O–H groups in total. The van der Waals surface area contributed by atoms with Gasteiger partial charge in [-0.1, -0.05) is 42.5 Å². The van der Waals surface area contributed by atoms with Crippen LogP contribution >= 0.6 is 0 Å². The number of nitrogens with zero attached hydrogens (tertiary/aromatic N) is 3. The molecular formula is C22H22N4O2. The molecule has 1 aliphatic heterocycles. The lowest BCUT2D eigenvalue weighted by atomic mass is 10.1. The van der Waals surface area contributed by atoms with Crippen LogP contribution in [0.1, 0.15) is 17.5 Å². The molecule has 1 fully saturated rings. The Balaban J connectivity index is 1.34. The van der Waals surface area contributed by atoms with E-state index in [1.807, 2.05) is 53.2 Å². The van der Waals surface area contributed by atoms with Crippen LogP contribution in [0.25, 0.3) is 0 Å². The average molecular weight is 374 g/mol. The van der Waals surface area contributed by atoms with Gasteiger partial charge >= 0.3 is 0 Å². The van der Waals surface area contributed by atoms with Crippen molar-refractivity contribution in [2.24, 2.45) is 5.92 Å². The number of benzene rings is 2. The first-order valence-corrected chi connectivity index (χ1v) is 9.36. The van der Waals surface area contributed by atoms with E-state index in [1.165, 1.54) is 0 Å². The van der Waals surface area contributed by atoms with Crippen LogP contribution < -0.4 is 10.2 Å². The molecule has 2 heterocycles. The van der Waals surface area contributed by atoms with E-state index in [0.717, 1.165) is 23.4 Å². The summed E-state index contributed by atoms with van der Waals surface area (Å²) in [6.45, 7) is 1.62. The molecule has 0 bridgehead atoms. The lowest BCUT2D eigenvalue weighted by Gasteiger charge is -2.16. The minimum Gasteiger partial charge on any atom is -0.352 e. The third-order valence-corrected chi connectivity index (χ3v) is 4.95. The zero-order valence-electron chi connectivity index (χ0n) is 15.5. The molecule has 0 aliphatic carbocycles. The van der Waals surface area contributed by atoms with E-state index < -0.39 is 0 Å². The fourth-order valence-electron chi connectivity index (χ4n) is 3.50. The molecule has 1 aliphatic rings. The van der Waals surface area contributed by atoms with Crippen molar-refractivity contribution in [3.8, 4) is 0 Å². The van der Waals surface area contributed by atoms with Gasteiger partial charge in [0.1, 0.15) is 0 Å². The van der Waals surface area contributed by atoms with Gasteiger partial charge in [0.2, 0.25) is 11.8 Å². The van der Waals surface area contributed by atoms with Crippen LogP contribution in [0, 0.1) is 5.92 Å². The van der Waals surface area contributed by atoms with E-state index in [2.05, 4.69) is 22.4 Å². The van der Waals surface area contributed by atoms with Crippen molar-refractivity contribution in [3.05, 3.63) is 84.4 Å². The van der Waals surface area contributed by atoms with E-state index >= 15 is 0 Å². The Kier molecular flexibility index (Phi) is 5.19. The van der Waals surface area contributed by atoms with E-state index in [0.29, 0.717) is 13.1 Å². The number of carbonyl (C=O) groups excluding carboxylic acids is 2. The summed E-state index contributed by atoms with van der Waals surface area (Å²) in [7, 11) is 0. The first-order chi connectivity index (χ1) is 13.7. The average Bonchev–Trinajstić information content (AvgIpc) is 3.37. The summed E-state index contributed by atoms with van der Waals surface area (Å²) in [5.74, 6) is -0.401. The Morgan fingerprint density at radius 2 is 1.93 bits per heavy atom. The smallest absolute Gasteiger partial charge is 0.227 e. The summed E-state index contributed by atoms with van der Waals surface area (Å²) < 4.78 is 2.00. The normalized spacial score (nSPS) is 16.4. The molecule has 1 unspecified atom stereocenters. The molecular weight excluding hydrogens is 352 g/mol. The standard InChI is InChI=1S/C22H22N4O2/c27-21-12-19(15-26(21)20-7-2-1-3-8-20)22(28)24-13-17-5-4-6-18(11-17)14-25-10-9-23-16-25/h1-11,16,19H,12-15H2,(H,24,28). The maximum absolute atomic E-state index is 12.6. The monoisotopic (exact) mass is 374 g/mol. The molecule has 0 spiro atoms. The Morgan fingerprint density at radius 1 is 1.11 bits per heavy atom. The second-order valence-electron chi connectivity index (χ2n) is 7.01. The third kappa shape index (κ3) is 4.11. The fraction of sp³-hybridized carbons (Fsp3) is 0.227. The summed E-state index contributed by atoms with van der Waals surface area (Å²) in [5.41, 5.74) is 3.03. The van der Waals surface area contributed by atoms with Crippen molar-refractivity contribution >= 4 is 17.5 Å². The Morgan fingerprint density at radius 3 is 2.71 bits per heavy atom. The predicted octanol–water partition coefficient (Wildman–Crippen LogP) is 2.60. The van der Waals surface area contributed by atoms with Crippen LogP contribution in [0.4, 0.5) is 5.69 Å². The highest BCUT2D eigenvalue weighted by Gasteiger charge is 2.34. The van der Waals surface area contributed by atoms with Crippen molar-refractivity contribution < 1.29 is 9.59 Å². The number of aromatic nitrogens is 2. The van der Waals surface area contributed by atoms with E-state index in [9.17, 15) is 9.59 Å². The highest BCUT2D eigenvalue weighted by molar-refractivity contribution is 6.00. The number of amides is 2. The topological polar surface area (TPSA) is 67.2 Å². The van der Waals surface area contributed by atoms with Gasteiger partial charge < -0.3 is 14.8 Å². The molecule has 142 valence electrons. The van der Waals surface area contributed by atoms with Crippen molar-refractivity contribution in [2.45, 2.75) is 19.5 Å². The third-order valence-electron chi connectivity index (χ3n) is 4.95. The molecule has 28 heavy (non-hydrogen) atoms. The van der Waals surface area contributed by atoms with Gasteiger partial charge in [0.05, 0.1) is 12.2 Å². The van der Waals surface area contributed by atoms with Crippen LogP contribution in [-0.2, 0) is 22.7 Å². The number of anilines is 1. The number of nitrogens with one attached hydrogen (secondary N) is 1. The highest BCUT2D eigenvalue weighted by atomic mass is 16.2. The van der Waals surface area contributed by atoms with Gasteiger partial charge in [-0.05, 0) is 23.3 Å². The largest absolute Gasteiger partial charge is 0.352 e. The predicted molar refractivity (Wildman–Crippen MR) is 107 cm³/mol. The summed E-state index contributed by atoms with van der Waals surface area (Å²) in [6.07, 6.45) is 5.71. The van der Waals surface area contributed by atoms with Gasteiger partial charge in [-0.2, -0.15) is 0 Å². The molecule has 0 saturated carbocycles. The summed E-state index contributed by atoms with van der Waals surface area (Å²) >= 11 is 0. The molecule has 1 atom stereocenters. The van der Waals surface area contributed by atoms with Gasteiger partial charge in [-0.3, -0.25) is 9.59 Å². The van der Waals surface area contributed by atoms with E-state index in [1.54, 1.807) is 17.4 Å². The fourth-order valence-corrected chi connectivity index (χ4v) is 3.50. The summed E-state index contributed by atoms with van der Waals surface area (Å²) in [5, 5.41) is 2.98. The van der Waals surface area contributed by atoms with Gasteiger partial charge in [0, 0.05) is 44.1 Å². The molecule has 2 aromatic carbocycles. The van der Waals surface area contributed by atoms with Gasteiger partial charge in [-0.15, -0.1) is 0 Å². The molecule has 6 heteroatoms. The summed E-state index contributed by atoms with van der Waals surface area (Å²) in [4.78, 5) is 30.6. The Bertz CT molecular complexity index is 954. The van der Waals surface area contributed by atoms with Gasteiger partial charge in [0.25, 0.3) is 0 Å². The quantitative estimate of drug-likeness (QED) is 0.721. The van der Waals surface area contributed by atoms with Crippen LogP contribution in [0.2, 0.25) is 0 Å². The molecule has 3 aromatic rings. The van der Waals surface area contributed by atoms with Crippen molar-refractivity contribution in [1.82, 2.24) is 14.9 Å². The highest BCUT2D eigenvalue weighted by Crippen LogP contribution is 2.24. The number of hydrogen-bond acceptors (Lipinski definition) is 3. The van der Waals surface area contributed by atoms with Crippen LogP contribution in [-0.4, -0.2) is 27.9 Å². The zero-order chi connectivity index (χ0) is 19.3. The maximum atomic E-state index is 12.6. The molecule has 1 aromatic heterocycles.